The molecule has 0 aliphatic heterocycles. The van der Waals surface area contributed by atoms with E-state index in [0.29, 0.717) is 11.3 Å². The molecule has 0 unspecified atom stereocenters. The van der Waals surface area contributed by atoms with E-state index >= 15 is 0 Å². The predicted molar refractivity (Wildman–Crippen MR) is 128 cm³/mol. The molecule has 2 N–H and O–H groups in total. The zero-order chi connectivity index (χ0) is 22.5. The minimum absolute atomic E-state index is 0.0370. The number of hydrogen-bond donors (Lipinski definition) is 2. The second kappa shape index (κ2) is 9.75. The van der Waals surface area contributed by atoms with Crippen LogP contribution in [0.25, 0.3) is 0 Å². The summed E-state index contributed by atoms with van der Waals surface area (Å²) in [6.07, 6.45) is 0.858. The number of aryl methyl sites for hydroxylation is 2. The second-order valence-electron chi connectivity index (χ2n) is 7.75. The molecule has 3 aromatic rings. The Balaban J connectivity index is 1.59. The van der Waals surface area contributed by atoms with E-state index in [4.69, 9.17) is 17.0 Å². The zero-order valence-electron chi connectivity index (χ0n) is 18.5. The van der Waals surface area contributed by atoms with Gasteiger partial charge < -0.3 is 10.1 Å². The van der Waals surface area contributed by atoms with Crippen molar-refractivity contribution in [3.63, 3.8) is 0 Å². The molecule has 0 saturated carbocycles. The highest BCUT2D eigenvalue weighted by molar-refractivity contribution is 7.80. The van der Waals surface area contributed by atoms with Crippen molar-refractivity contribution in [3.8, 4) is 5.75 Å². The lowest BCUT2D eigenvalue weighted by Gasteiger charge is -2.12. The highest BCUT2D eigenvalue weighted by Gasteiger charge is 2.11. The number of nitrogens with zero attached hydrogens (tertiary/aromatic N) is 2. The van der Waals surface area contributed by atoms with Crippen molar-refractivity contribution < 1.29 is 9.53 Å². The van der Waals surface area contributed by atoms with E-state index in [9.17, 15) is 4.79 Å². The molecule has 7 heteroatoms. The molecule has 0 aliphatic carbocycles. The predicted octanol–water partition coefficient (Wildman–Crippen LogP) is 4.54. The Morgan fingerprint density at radius 3 is 2.48 bits per heavy atom. The molecule has 0 atom stereocenters. The minimum atomic E-state index is -0.286. The van der Waals surface area contributed by atoms with Crippen molar-refractivity contribution in [3.05, 3.63) is 76.6 Å². The van der Waals surface area contributed by atoms with E-state index in [2.05, 4.69) is 22.7 Å². The summed E-state index contributed by atoms with van der Waals surface area (Å²) in [5.41, 5.74) is 5.95. The molecule has 31 heavy (non-hydrogen) atoms. The molecule has 3 rings (SSSR count). The van der Waals surface area contributed by atoms with Crippen LogP contribution in [0.3, 0.4) is 0 Å². The van der Waals surface area contributed by atoms with Crippen molar-refractivity contribution in [2.24, 2.45) is 7.05 Å². The van der Waals surface area contributed by atoms with Gasteiger partial charge in [0.2, 0.25) is 0 Å². The Hall–Kier alpha value is -3.19. The van der Waals surface area contributed by atoms with E-state index in [1.165, 1.54) is 16.8 Å². The molecule has 0 fully saturated rings. The van der Waals surface area contributed by atoms with Crippen molar-refractivity contribution in [2.75, 3.05) is 5.32 Å². The van der Waals surface area contributed by atoms with Crippen LogP contribution in [0, 0.1) is 13.8 Å². The lowest BCUT2D eigenvalue weighted by atomic mass is 10.0. The fourth-order valence-electron chi connectivity index (χ4n) is 3.30. The Bertz CT molecular complexity index is 1090. The number of aromatic nitrogens is 2. The standard InChI is InChI=1S/C24H28N4O2S/c1-15(2)30-21-8-6-7-19(14-21)23(29)26-24(31)25-20-11-9-18(10-12-20)13-22-16(3)27-28(5)17(22)4/h6-12,14-15H,13H2,1-5H3,(H2,25,26,29,31). The van der Waals surface area contributed by atoms with Crippen molar-refractivity contribution in [1.82, 2.24) is 15.1 Å². The van der Waals surface area contributed by atoms with Gasteiger partial charge in [-0.2, -0.15) is 5.10 Å². The maximum absolute atomic E-state index is 12.5. The number of anilines is 1. The summed E-state index contributed by atoms with van der Waals surface area (Å²) in [5, 5.41) is 10.5. The van der Waals surface area contributed by atoms with Crippen molar-refractivity contribution >= 4 is 28.9 Å². The number of benzene rings is 2. The van der Waals surface area contributed by atoms with Crippen LogP contribution in [0.4, 0.5) is 5.69 Å². The quantitative estimate of drug-likeness (QED) is 0.555. The summed E-state index contributed by atoms with van der Waals surface area (Å²) >= 11 is 5.30. The van der Waals surface area contributed by atoms with Crippen LogP contribution in [-0.2, 0) is 13.5 Å². The van der Waals surface area contributed by atoms with Gasteiger partial charge >= 0.3 is 0 Å². The van der Waals surface area contributed by atoms with Gasteiger partial charge in [-0.15, -0.1) is 0 Å². The summed E-state index contributed by atoms with van der Waals surface area (Å²) in [7, 11) is 1.96. The van der Waals surface area contributed by atoms with Gasteiger partial charge in [0.05, 0.1) is 11.8 Å². The number of ether oxygens (including phenoxy) is 1. The highest BCUT2D eigenvalue weighted by atomic mass is 32.1. The third kappa shape index (κ3) is 5.92. The first-order chi connectivity index (χ1) is 14.7. The van der Waals surface area contributed by atoms with Gasteiger partial charge in [0.25, 0.3) is 5.91 Å². The molecule has 0 radical (unpaired) electrons. The van der Waals surface area contributed by atoms with Crippen LogP contribution < -0.4 is 15.4 Å². The first-order valence-electron chi connectivity index (χ1n) is 10.2. The van der Waals surface area contributed by atoms with Crippen LogP contribution >= 0.6 is 12.2 Å². The highest BCUT2D eigenvalue weighted by Crippen LogP contribution is 2.19. The molecule has 0 spiro atoms. The first-order valence-corrected chi connectivity index (χ1v) is 10.6. The SMILES string of the molecule is Cc1nn(C)c(C)c1Cc1ccc(NC(=S)NC(=O)c2cccc(OC(C)C)c2)cc1. The third-order valence-electron chi connectivity index (χ3n) is 4.95. The van der Waals surface area contributed by atoms with Crippen LogP contribution in [0.1, 0.15) is 46.7 Å². The molecule has 0 bridgehead atoms. The molecule has 0 saturated heterocycles. The van der Waals surface area contributed by atoms with E-state index in [-0.39, 0.29) is 17.1 Å². The molecule has 1 aromatic heterocycles. The lowest BCUT2D eigenvalue weighted by Crippen LogP contribution is -2.34. The van der Waals surface area contributed by atoms with Gasteiger partial charge in [-0.05, 0) is 75.8 Å². The first kappa shape index (κ1) is 22.5. The van der Waals surface area contributed by atoms with Gasteiger partial charge in [-0.25, -0.2) is 0 Å². The van der Waals surface area contributed by atoms with Gasteiger partial charge in [0.1, 0.15) is 5.75 Å². The van der Waals surface area contributed by atoms with Gasteiger partial charge in [0.15, 0.2) is 5.11 Å². The van der Waals surface area contributed by atoms with Crippen LogP contribution in [0.2, 0.25) is 0 Å². The second-order valence-corrected chi connectivity index (χ2v) is 8.16. The van der Waals surface area contributed by atoms with Gasteiger partial charge in [-0.1, -0.05) is 18.2 Å². The number of carbonyl (C=O) groups is 1. The topological polar surface area (TPSA) is 68.2 Å². The van der Waals surface area contributed by atoms with Crippen LogP contribution in [0.5, 0.6) is 5.75 Å². The van der Waals surface area contributed by atoms with E-state index in [1.807, 2.05) is 62.8 Å². The number of rotatable bonds is 6. The monoisotopic (exact) mass is 436 g/mol. The van der Waals surface area contributed by atoms with E-state index in [1.54, 1.807) is 18.2 Å². The van der Waals surface area contributed by atoms with Crippen molar-refractivity contribution in [2.45, 2.75) is 40.2 Å². The molecule has 6 nitrogen and oxygen atoms in total. The largest absolute Gasteiger partial charge is 0.491 e. The summed E-state index contributed by atoms with van der Waals surface area (Å²) in [5.74, 6) is 0.363. The maximum Gasteiger partial charge on any atom is 0.257 e. The molecular weight excluding hydrogens is 408 g/mol. The normalized spacial score (nSPS) is 10.8. The number of carbonyl (C=O) groups excluding carboxylic acids is 1. The average molecular weight is 437 g/mol. The molecule has 2 aromatic carbocycles. The number of nitrogens with one attached hydrogen (secondary N) is 2. The third-order valence-corrected chi connectivity index (χ3v) is 5.15. The Kier molecular flexibility index (Phi) is 7.07. The molecule has 1 amide bonds. The molecule has 0 aliphatic rings. The zero-order valence-corrected chi connectivity index (χ0v) is 19.3. The van der Waals surface area contributed by atoms with Crippen LogP contribution in [0.15, 0.2) is 48.5 Å². The number of hydrogen-bond acceptors (Lipinski definition) is 4. The van der Waals surface area contributed by atoms with Gasteiger partial charge in [-0.3, -0.25) is 14.8 Å². The summed E-state index contributed by atoms with van der Waals surface area (Å²) in [6, 6.07) is 15.0. The minimum Gasteiger partial charge on any atom is -0.491 e. The van der Waals surface area contributed by atoms with Gasteiger partial charge in [0, 0.05) is 36.0 Å². The Morgan fingerprint density at radius 2 is 1.87 bits per heavy atom. The molecule has 1 heterocycles. The smallest absolute Gasteiger partial charge is 0.257 e. The summed E-state index contributed by atoms with van der Waals surface area (Å²) in [4.78, 5) is 12.5. The fourth-order valence-corrected chi connectivity index (χ4v) is 3.51. The fraction of sp³-hybridized carbons (Fsp3) is 0.292. The Labute approximate surface area is 188 Å². The maximum atomic E-state index is 12.5. The summed E-state index contributed by atoms with van der Waals surface area (Å²) in [6.45, 7) is 7.99. The molecular formula is C24H28N4O2S. The molecule has 162 valence electrons. The number of thiocarbonyl (C=S) groups is 1. The Morgan fingerprint density at radius 1 is 1.16 bits per heavy atom. The van der Waals surface area contributed by atoms with Crippen LogP contribution in [-0.4, -0.2) is 26.9 Å². The average Bonchev–Trinajstić information content (AvgIpc) is 2.95. The van der Waals surface area contributed by atoms with E-state index < -0.39 is 0 Å². The number of amides is 1. The van der Waals surface area contributed by atoms with E-state index in [0.717, 1.165) is 17.8 Å². The lowest BCUT2D eigenvalue weighted by molar-refractivity contribution is 0.0977. The summed E-state index contributed by atoms with van der Waals surface area (Å²) < 4.78 is 7.55. The van der Waals surface area contributed by atoms with Crippen molar-refractivity contribution in [1.29, 1.82) is 0 Å².